The normalized spacial score (nSPS) is 1.75. The Morgan fingerprint density at radius 1 is 1.75 bits per heavy atom. The average Bonchev–Trinajstić information content (AvgIpc) is 0.918. The van der Waals surface area contributed by atoms with Crippen molar-refractivity contribution in [2.75, 3.05) is 0 Å². The Kier molecular flexibility index (Phi) is 26.6. The van der Waals surface area contributed by atoms with E-state index in [4.69, 9.17) is 5.26 Å². The highest BCUT2D eigenvalue weighted by molar-refractivity contribution is 14.0. The van der Waals surface area contributed by atoms with Crippen molar-refractivity contribution in [2.24, 2.45) is 5.73 Å². The predicted octanol–water partition coefficient (Wildman–Crippen LogP) is 0.0442. The smallest absolute Gasteiger partial charge is 0.173 e. The summed E-state index contributed by atoms with van der Waals surface area (Å²) in [6.45, 7) is 0. The third-order valence-corrected chi connectivity index (χ3v) is 0. The zero-order valence-electron chi connectivity index (χ0n) is 1.93. The molecular formula is CH3IN2. The molecule has 3 heteroatoms. The van der Waals surface area contributed by atoms with Gasteiger partial charge in [0.25, 0.3) is 0 Å². The molecule has 24 valence electrons. The predicted molar refractivity (Wildman–Crippen MR) is 25.2 cm³/mol. The largest absolute Gasteiger partial charge is 0.337 e. The van der Waals surface area contributed by atoms with E-state index in [9.17, 15) is 0 Å². The second-order valence-corrected chi connectivity index (χ2v) is 0.129. The van der Waals surface area contributed by atoms with E-state index in [1.54, 1.807) is 0 Å². The van der Waals surface area contributed by atoms with Crippen molar-refractivity contribution < 1.29 is 0 Å². The molecule has 0 aliphatic heterocycles. The Balaban J connectivity index is 0. The quantitative estimate of drug-likeness (QED) is 0.317. The first-order valence-electron chi connectivity index (χ1n) is 0.512. The SMILES string of the molecule is I.N#CN. The summed E-state index contributed by atoms with van der Waals surface area (Å²) in [6, 6.07) is 0. The van der Waals surface area contributed by atoms with Crippen LogP contribution < -0.4 is 5.73 Å². The number of nitriles is 1. The van der Waals surface area contributed by atoms with E-state index < -0.39 is 0 Å². The first-order chi connectivity index (χ1) is 1.41. The lowest BCUT2D eigenvalue weighted by molar-refractivity contribution is 1.45. The van der Waals surface area contributed by atoms with Crippen LogP contribution in [0.1, 0.15) is 0 Å². The maximum Gasteiger partial charge on any atom is 0.173 e. The highest BCUT2D eigenvalue weighted by atomic mass is 127. The van der Waals surface area contributed by atoms with Gasteiger partial charge in [-0.15, -0.1) is 24.0 Å². The summed E-state index contributed by atoms with van der Waals surface area (Å²) in [5.41, 5.74) is 4.15. The fraction of sp³-hybridized carbons (Fsp3) is 0. The molecular weight excluding hydrogens is 167 g/mol. The second kappa shape index (κ2) is 11.8. The van der Waals surface area contributed by atoms with Crippen LogP contribution in [-0.2, 0) is 0 Å². The van der Waals surface area contributed by atoms with Gasteiger partial charge in [-0.3, -0.25) is 0 Å². The summed E-state index contributed by atoms with van der Waals surface area (Å²) in [6.07, 6.45) is 1.25. The molecule has 0 rings (SSSR count). The van der Waals surface area contributed by atoms with Crippen molar-refractivity contribution in [1.82, 2.24) is 0 Å². The maximum atomic E-state index is 7.10. The van der Waals surface area contributed by atoms with Gasteiger partial charge in [-0.05, 0) is 0 Å². The molecule has 0 spiro atoms. The molecule has 0 aliphatic rings. The fourth-order valence-corrected chi connectivity index (χ4v) is 0. The highest BCUT2D eigenvalue weighted by Gasteiger charge is 1.12. The molecule has 0 aliphatic carbocycles. The van der Waals surface area contributed by atoms with Crippen LogP contribution in [0.3, 0.4) is 0 Å². The van der Waals surface area contributed by atoms with Gasteiger partial charge in [-0.1, -0.05) is 0 Å². The lowest BCUT2D eigenvalue weighted by atomic mass is 11.5. The van der Waals surface area contributed by atoms with Crippen LogP contribution in [0.5, 0.6) is 0 Å². The molecule has 0 amide bonds. The number of halogens is 1. The van der Waals surface area contributed by atoms with Gasteiger partial charge < -0.3 is 5.73 Å². The van der Waals surface area contributed by atoms with Gasteiger partial charge in [0.1, 0.15) is 0 Å². The average molecular weight is 170 g/mol. The van der Waals surface area contributed by atoms with Gasteiger partial charge in [-0.2, -0.15) is 5.26 Å². The monoisotopic (exact) mass is 170 g/mol. The van der Waals surface area contributed by atoms with Crippen molar-refractivity contribution in [3.8, 4) is 6.19 Å². The Bertz CT molecular complexity index is 27.5. The topological polar surface area (TPSA) is 49.8 Å². The molecule has 0 fully saturated rings. The Morgan fingerprint density at radius 3 is 1.75 bits per heavy atom. The lowest BCUT2D eigenvalue weighted by Crippen LogP contribution is -1.69. The molecule has 0 aromatic rings. The van der Waals surface area contributed by atoms with Crippen LogP contribution in [-0.4, -0.2) is 0 Å². The van der Waals surface area contributed by atoms with Gasteiger partial charge in [0.05, 0.1) is 0 Å². The summed E-state index contributed by atoms with van der Waals surface area (Å²) in [5.74, 6) is 0. The molecule has 0 aromatic heterocycles. The summed E-state index contributed by atoms with van der Waals surface area (Å²) in [4.78, 5) is 0. The maximum absolute atomic E-state index is 7.10. The van der Waals surface area contributed by atoms with E-state index in [2.05, 4.69) is 5.73 Å². The minimum Gasteiger partial charge on any atom is -0.337 e. The molecule has 0 radical (unpaired) electrons. The summed E-state index contributed by atoms with van der Waals surface area (Å²) >= 11 is 0. The molecule has 0 heterocycles. The van der Waals surface area contributed by atoms with Gasteiger partial charge in [0, 0.05) is 0 Å². The van der Waals surface area contributed by atoms with Crippen LogP contribution in [0.25, 0.3) is 0 Å². The van der Waals surface area contributed by atoms with Gasteiger partial charge in [-0.25, -0.2) is 0 Å². The molecule has 0 atom stereocenters. The fourth-order valence-electron chi connectivity index (χ4n) is 0. The summed E-state index contributed by atoms with van der Waals surface area (Å²) in [5, 5.41) is 7.10. The minimum absolute atomic E-state index is 0. The van der Waals surface area contributed by atoms with Crippen molar-refractivity contribution in [2.45, 2.75) is 0 Å². The van der Waals surface area contributed by atoms with E-state index in [0.29, 0.717) is 0 Å². The molecule has 4 heavy (non-hydrogen) atoms. The number of hydrogen-bond donors (Lipinski definition) is 1. The zero-order chi connectivity index (χ0) is 2.71. The van der Waals surface area contributed by atoms with Crippen LogP contribution in [0.15, 0.2) is 0 Å². The van der Waals surface area contributed by atoms with Crippen LogP contribution in [0, 0.1) is 11.5 Å². The summed E-state index contributed by atoms with van der Waals surface area (Å²) in [7, 11) is 0. The first kappa shape index (κ1) is 8.99. The van der Waals surface area contributed by atoms with Crippen molar-refractivity contribution in [1.29, 1.82) is 5.26 Å². The van der Waals surface area contributed by atoms with Crippen molar-refractivity contribution >= 4 is 24.0 Å². The van der Waals surface area contributed by atoms with Crippen LogP contribution >= 0.6 is 24.0 Å². The van der Waals surface area contributed by atoms with Gasteiger partial charge >= 0.3 is 0 Å². The molecule has 0 bridgehead atoms. The van der Waals surface area contributed by atoms with Crippen molar-refractivity contribution in [3.63, 3.8) is 0 Å². The number of rotatable bonds is 0. The third kappa shape index (κ3) is 5250. The molecule has 0 aromatic carbocycles. The van der Waals surface area contributed by atoms with E-state index >= 15 is 0 Å². The van der Waals surface area contributed by atoms with Gasteiger partial charge in [0.15, 0.2) is 6.19 Å². The first-order valence-corrected chi connectivity index (χ1v) is 0.512. The van der Waals surface area contributed by atoms with E-state index in [-0.39, 0.29) is 24.0 Å². The highest BCUT2D eigenvalue weighted by Crippen LogP contribution is 0.900. The standard InChI is InChI=1S/CH2N2.HI/c2-1-3;/h2H2;1H. The molecule has 2 nitrogen and oxygen atoms in total. The van der Waals surface area contributed by atoms with Crippen LogP contribution in [0.2, 0.25) is 0 Å². The Labute approximate surface area is 41.6 Å². The van der Waals surface area contributed by atoms with Crippen molar-refractivity contribution in [3.05, 3.63) is 0 Å². The van der Waals surface area contributed by atoms with E-state index in [1.807, 2.05) is 0 Å². The zero-order valence-corrected chi connectivity index (χ0v) is 4.26. The Hall–Kier alpha value is 0.0200. The molecule has 0 saturated heterocycles. The van der Waals surface area contributed by atoms with Crippen LogP contribution in [0.4, 0.5) is 0 Å². The van der Waals surface area contributed by atoms with Gasteiger partial charge in [0.2, 0.25) is 0 Å². The minimum atomic E-state index is 0. The van der Waals surface area contributed by atoms with E-state index in [0.717, 1.165) is 0 Å². The summed E-state index contributed by atoms with van der Waals surface area (Å²) < 4.78 is 0. The number of hydrogen-bond acceptors (Lipinski definition) is 2. The molecule has 0 unspecified atom stereocenters. The third-order valence-electron chi connectivity index (χ3n) is 0. The lowest BCUT2D eigenvalue weighted by Gasteiger charge is -1.24. The molecule has 2 N–H and O–H groups in total. The van der Waals surface area contributed by atoms with E-state index in [1.165, 1.54) is 6.19 Å². The number of nitrogens with two attached hydrogens (primary N) is 1. The second-order valence-electron chi connectivity index (χ2n) is 0.129. The molecule has 0 saturated carbocycles. The number of nitrogens with zero attached hydrogens (tertiary/aromatic N) is 1. The Morgan fingerprint density at radius 2 is 1.75 bits per heavy atom.